The summed E-state index contributed by atoms with van der Waals surface area (Å²) in [5.74, 6) is 2.15. The lowest BCUT2D eigenvalue weighted by Gasteiger charge is -2.16. The number of hydrogen-bond donors (Lipinski definition) is 2. The Hall–Kier alpha value is -2.93. The zero-order valence-corrected chi connectivity index (χ0v) is 15.2. The largest absolute Gasteiger partial charge is 0.493 e. The number of benzene rings is 2. The predicted octanol–water partition coefficient (Wildman–Crippen LogP) is 1.99. The highest BCUT2D eigenvalue weighted by Crippen LogP contribution is 2.42. The molecule has 1 amide bonds. The number of nitrogens with one attached hydrogen (secondary N) is 1. The van der Waals surface area contributed by atoms with E-state index in [9.17, 15) is 9.90 Å². The Morgan fingerprint density at radius 1 is 1.15 bits per heavy atom. The van der Waals surface area contributed by atoms with Crippen LogP contribution in [0.1, 0.15) is 33.1 Å². The van der Waals surface area contributed by atoms with E-state index in [4.69, 9.17) is 18.9 Å². The van der Waals surface area contributed by atoms with Crippen molar-refractivity contribution in [3.05, 3.63) is 46.5 Å². The van der Waals surface area contributed by atoms with Gasteiger partial charge in [-0.1, -0.05) is 6.07 Å². The van der Waals surface area contributed by atoms with Crippen molar-refractivity contribution in [1.82, 2.24) is 5.32 Å². The van der Waals surface area contributed by atoms with Crippen LogP contribution in [-0.2, 0) is 12.8 Å². The van der Waals surface area contributed by atoms with Crippen LogP contribution in [0.4, 0.5) is 0 Å². The minimum Gasteiger partial charge on any atom is -0.493 e. The molecular formula is C20H21NO6. The molecule has 0 fully saturated rings. The fraction of sp³-hybridized carbons (Fsp3) is 0.350. The third-order valence-electron chi connectivity index (χ3n) is 4.99. The van der Waals surface area contributed by atoms with Crippen LogP contribution in [0.5, 0.6) is 23.0 Å². The number of amides is 1. The lowest BCUT2D eigenvalue weighted by atomic mass is 9.93. The Morgan fingerprint density at radius 3 is 2.56 bits per heavy atom. The maximum atomic E-state index is 12.6. The molecule has 0 aliphatic carbocycles. The first kappa shape index (κ1) is 17.5. The molecule has 2 aliphatic heterocycles. The van der Waals surface area contributed by atoms with Crippen LogP contribution in [0, 0.1) is 0 Å². The Morgan fingerprint density at radius 2 is 1.89 bits per heavy atom. The SMILES string of the molecule is COc1ccc2c(c1OC)C(=O)NC2Cc1cc2c(cc1CCO)OCO2. The molecule has 0 radical (unpaired) electrons. The molecule has 27 heavy (non-hydrogen) atoms. The van der Waals surface area contributed by atoms with Gasteiger partial charge in [0.05, 0.1) is 25.8 Å². The summed E-state index contributed by atoms with van der Waals surface area (Å²) in [6, 6.07) is 7.32. The Bertz CT molecular complexity index is 895. The van der Waals surface area contributed by atoms with Crippen molar-refractivity contribution in [1.29, 1.82) is 0 Å². The minimum absolute atomic E-state index is 0.0330. The molecule has 2 aromatic carbocycles. The maximum Gasteiger partial charge on any atom is 0.256 e. The van der Waals surface area contributed by atoms with Crippen molar-refractivity contribution >= 4 is 5.91 Å². The van der Waals surface area contributed by atoms with Crippen LogP contribution in [0.15, 0.2) is 24.3 Å². The number of methoxy groups -OCH3 is 2. The van der Waals surface area contributed by atoms with Gasteiger partial charge < -0.3 is 29.4 Å². The molecule has 7 nitrogen and oxygen atoms in total. The van der Waals surface area contributed by atoms with Crippen LogP contribution in [-0.4, -0.2) is 38.6 Å². The molecule has 1 atom stereocenters. The van der Waals surface area contributed by atoms with E-state index in [-0.39, 0.29) is 25.3 Å². The first-order valence-corrected chi connectivity index (χ1v) is 8.74. The highest BCUT2D eigenvalue weighted by Gasteiger charge is 2.34. The number of carbonyl (C=O) groups excluding carboxylic acids is 1. The van der Waals surface area contributed by atoms with Crippen molar-refractivity contribution in [2.75, 3.05) is 27.6 Å². The number of ether oxygens (including phenoxy) is 4. The lowest BCUT2D eigenvalue weighted by molar-refractivity contribution is 0.0953. The van der Waals surface area contributed by atoms with Gasteiger partial charge in [-0.2, -0.15) is 0 Å². The fourth-order valence-electron chi connectivity index (χ4n) is 3.73. The quantitative estimate of drug-likeness (QED) is 0.808. The molecule has 2 aliphatic rings. The monoisotopic (exact) mass is 371 g/mol. The predicted molar refractivity (Wildman–Crippen MR) is 96.8 cm³/mol. The Kier molecular flexibility index (Phi) is 4.53. The summed E-state index contributed by atoms with van der Waals surface area (Å²) in [7, 11) is 3.07. The highest BCUT2D eigenvalue weighted by molar-refractivity contribution is 6.02. The summed E-state index contributed by atoms with van der Waals surface area (Å²) in [5, 5.41) is 12.4. The van der Waals surface area contributed by atoms with Crippen molar-refractivity contribution in [2.45, 2.75) is 18.9 Å². The van der Waals surface area contributed by atoms with Crippen molar-refractivity contribution in [2.24, 2.45) is 0 Å². The second-order valence-electron chi connectivity index (χ2n) is 6.44. The van der Waals surface area contributed by atoms with E-state index in [1.165, 1.54) is 7.11 Å². The number of hydrogen-bond acceptors (Lipinski definition) is 6. The lowest BCUT2D eigenvalue weighted by Crippen LogP contribution is -2.21. The van der Waals surface area contributed by atoms with Crippen LogP contribution >= 0.6 is 0 Å². The third-order valence-corrected chi connectivity index (χ3v) is 4.99. The van der Waals surface area contributed by atoms with Gasteiger partial charge in [-0.05, 0) is 47.7 Å². The molecule has 2 N–H and O–H groups in total. The summed E-state index contributed by atoms with van der Waals surface area (Å²) in [6.45, 7) is 0.225. The van der Waals surface area contributed by atoms with E-state index in [1.807, 2.05) is 18.2 Å². The molecule has 4 rings (SSSR count). The van der Waals surface area contributed by atoms with Crippen molar-refractivity contribution in [3.8, 4) is 23.0 Å². The Labute approximate surface area is 156 Å². The molecule has 142 valence electrons. The summed E-state index contributed by atoms with van der Waals surface area (Å²) in [5.41, 5.74) is 3.35. The third kappa shape index (κ3) is 2.94. The molecule has 0 bridgehead atoms. The molecule has 1 unspecified atom stereocenters. The average molecular weight is 371 g/mol. The van der Waals surface area contributed by atoms with Gasteiger partial charge in [0, 0.05) is 6.61 Å². The van der Waals surface area contributed by atoms with Gasteiger partial charge in [0.1, 0.15) is 0 Å². The fourth-order valence-corrected chi connectivity index (χ4v) is 3.73. The molecule has 0 aromatic heterocycles. The number of aliphatic hydroxyl groups is 1. The summed E-state index contributed by atoms with van der Waals surface area (Å²) >= 11 is 0. The van der Waals surface area contributed by atoms with E-state index in [1.54, 1.807) is 13.2 Å². The molecule has 0 saturated carbocycles. The summed E-state index contributed by atoms with van der Waals surface area (Å²) in [4.78, 5) is 12.6. The standard InChI is InChI=1S/C20H21NO6/c1-24-15-4-3-13-14(21-20(23)18(13)19(15)25-2)7-12-9-17-16(26-10-27-17)8-11(12)5-6-22/h3-4,8-9,14,22H,5-7,10H2,1-2H3,(H,21,23). The molecule has 2 aromatic rings. The summed E-state index contributed by atoms with van der Waals surface area (Å²) in [6.07, 6.45) is 1.08. The second kappa shape index (κ2) is 7.00. The molecule has 0 saturated heterocycles. The van der Waals surface area contributed by atoms with E-state index in [0.717, 1.165) is 16.7 Å². The molecular weight excluding hydrogens is 350 g/mol. The van der Waals surface area contributed by atoms with E-state index < -0.39 is 0 Å². The smallest absolute Gasteiger partial charge is 0.256 e. The summed E-state index contributed by atoms with van der Waals surface area (Å²) < 4.78 is 21.6. The number of fused-ring (bicyclic) bond motifs is 2. The van der Waals surface area contributed by atoms with E-state index in [2.05, 4.69) is 5.32 Å². The topological polar surface area (TPSA) is 86.3 Å². The highest BCUT2D eigenvalue weighted by atomic mass is 16.7. The maximum absolute atomic E-state index is 12.6. The Balaban J connectivity index is 1.71. The number of aliphatic hydroxyl groups excluding tert-OH is 1. The zero-order chi connectivity index (χ0) is 19.0. The average Bonchev–Trinajstić information content (AvgIpc) is 3.25. The van der Waals surface area contributed by atoms with Gasteiger partial charge in [-0.15, -0.1) is 0 Å². The molecule has 2 heterocycles. The second-order valence-corrected chi connectivity index (χ2v) is 6.44. The van der Waals surface area contributed by atoms with Gasteiger partial charge in [0.15, 0.2) is 23.0 Å². The van der Waals surface area contributed by atoms with Crippen LogP contribution in [0.3, 0.4) is 0 Å². The van der Waals surface area contributed by atoms with Crippen LogP contribution in [0.2, 0.25) is 0 Å². The minimum atomic E-state index is -0.204. The molecule has 7 heteroatoms. The van der Waals surface area contributed by atoms with E-state index in [0.29, 0.717) is 41.4 Å². The molecule has 0 spiro atoms. The van der Waals surface area contributed by atoms with Crippen LogP contribution < -0.4 is 24.3 Å². The first-order valence-electron chi connectivity index (χ1n) is 8.74. The van der Waals surface area contributed by atoms with Gasteiger partial charge in [-0.25, -0.2) is 0 Å². The number of carbonyl (C=O) groups is 1. The van der Waals surface area contributed by atoms with E-state index >= 15 is 0 Å². The van der Waals surface area contributed by atoms with Gasteiger partial charge in [-0.3, -0.25) is 4.79 Å². The first-order chi connectivity index (χ1) is 13.2. The number of rotatable bonds is 6. The van der Waals surface area contributed by atoms with Gasteiger partial charge in [0.25, 0.3) is 5.91 Å². The van der Waals surface area contributed by atoms with Crippen molar-refractivity contribution < 1.29 is 28.8 Å². The normalized spacial score (nSPS) is 16.9. The van der Waals surface area contributed by atoms with Crippen molar-refractivity contribution in [3.63, 3.8) is 0 Å². The zero-order valence-electron chi connectivity index (χ0n) is 15.2. The van der Waals surface area contributed by atoms with Crippen LogP contribution in [0.25, 0.3) is 0 Å². The van der Waals surface area contributed by atoms with Gasteiger partial charge in [0.2, 0.25) is 6.79 Å². The van der Waals surface area contributed by atoms with Gasteiger partial charge >= 0.3 is 0 Å².